The average Bonchev–Trinajstić information content (AvgIpc) is 2.55. The largest absolute Gasteiger partial charge is 0.501 e. The molecule has 0 bridgehead atoms. The Kier molecular flexibility index (Phi) is 5.52. The summed E-state index contributed by atoms with van der Waals surface area (Å²) in [5.41, 5.74) is 2.08. The van der Waals surface area contributed by atoms with E-state index in [9.17, 15) is 0 Å². The van der Waals surface area contributed by atoms with Crippen LogP contribution in [0.5, 0.6) is 0 Å². The van der Waals surface area contributed by atoms with E-state index in [1.54, 1.807) is 14.2 Å². The molecule has 1 aromatic rings. The lowest BCUT2D eigenvalue weighted by Gasteiger charge is -2.34. The highest BCUT2D eigenvalue weighted by Crippen LogP contribution is 2.39. The molecule has 0 fully saturated rings. The van der Waals surface area contributed by atoms with E-state index in [1.807, 2.05) is 62.4 Å². The molecule has 2 nitrogen and oxygen atoms in total. The molecular formula is C19H23BrO2. The maximum Gasteiger partial charge on any atom is 0.102 e. The van der Waals surface area contributed by atoms with Gasteiger partial charge >= 0.3 is 0 Å². The Bertz CT molecular complexity index is 634. The van der Waals surface area contributed by atoms with E-state index in [2.05, 4.69) is 15.9 Å². The molecule has 0 heterocycles. The van der Waals surface area contributed by atoms with Crippen LogP contribution in [-0.4, -0.2) is 20.3 Å². The van der Waals surface area contributed by atoms with Crippen LogP contribution < -0.4 is 0 Å². The lowest BCUT2D eigenvalue weighted by Crippen LogP contribution is -2.32. The molecule has 2 unspecified atom stereocenters. The molecule has 2 atom stereocenters. The van der Waals surface area contributed by atoms with E-state index in [4.69, 9.17) is 10.8 Å². The number of benzene rings is 1. The van der Waals surface area contributed by atoms with Crippen LogP contribution in [0, 0.1) is 11.8 Å². The minimum Gasteiger partial charge on any atom is -0.501 e. The Hall–Kier alpha value is -1.32. The van der Waals surface area contributed by atoms with E-state index >= 15 is 0 Å². The number of rotatable bonds is 5. The zero-order chi connectivity index (χ0) is 17.0. The topological polar surface area (TPSA) is 18.5 Å². The third kappa shape index (κ3) is 3.71. The fraction of sp³-hybridized carbons (Fsp3) is 0.368. The molecule has 1 aliphatic carbocycles. The fourth-order valence-electron chi connectivity index (χ4n) is 2.58. The Morgan fingerprint density at radius 2 is 1.86 bits per heavy atom. The van der Waals surface area contributed by atoms with Gasteiger partial charge in [-0.15, -0.1) is 0 Å². The van der Waals surface area contributed by atoms with Gasteiger partial charge in [-0.2, -0.15) is 0 Å². The molecular weight excluding hydrogens is 340 g/mol. The summed E-state index contributed by atoms with van der Waals surface area (Å²) in [7, 11) is 3.25. The third-order valence-electron chi connectivity index (χ3n) is 3.69. The summed E-state index contributed by atoms with van der Waals surface area (Å²) in [4.78, 5) is 0. The number of allylic oxidation sites excluding steroid dienone is 3. The maximum absolute atomic E-state index is 8.90. The van der Waals surface area contributed by atoms with Gasteiger partial charge in [0.1, 0.15) is 5.76 Å². The van der Waals surface area contributed by atoms with Crippen molar-refractivity contribution in [2.45, 2.75) is 20.0 Å². The van der Waals surface area contributed by atoms with Crippen LogP contribution in [0.15, 0.2) is 58.3 Å². The number of ether oxygens (including phenoxy) is 2. The highest BCUT2D eigenvalue weighted by molar-refractivity contribution is 9.11. The van der Waals surface area contributed by atoms with Gasteiger partial charge in [-0.05, 0) is 23.1 Å². The standard InChI is InChI=1S/C19H23BrO2/c1-13(2)17-16(21-3)12-15(18(20)19(17)22-4)11-10-14-8-6-5-7-9-14/h5-13,17,19H,1-4H3/b11-10+/i17D. The Balaban J connectivity index is 2.44. The van der Waals surface area contributed by atoms with Gasteiger partial charge in [-0.3, -0.25) is 0 Å². The number of hydrogen-bond donors (Lipinski definition) is 0. The van der Waals surface area contributed by atoms with Gasteiger partial charge in [0, 0.05) is 18.9 Å². The van der Waals surface area contributed by atoms with E-state index in [-0.39, 0.29) is 5.92 Å². The SMILES string of the molecule is [2H]C1(C(C)C)C(OC)=CC(/C=C/c2ccccc2)=C(Br)C1OC. The minimum atomic E-state index is -0.952. The van der Waals surface area contributed by atoms with Crippen molar-refractivity contribution < 1.29 is 10.8 Å². The van der Waals surface area contributed by atoms with Crippen LogP contribution in [0.25, 0.3) is 6.08 Å². The Labute approximate surface area is 143 Å². The van der Waals surface area contributed by atoms with Crippen molar-refractivity contribution in [3.63, 3.8) is 0 Å². The molecule has 0 amide bonds. The summed E-state index contributed by atoms with van der Waals surface area (Å²) in [5, 5.41) is 0. The Morgan fingerprint density at radius 1 is 1.18 bits per heavy atom. The normalized spacial score (nSPS) is 26.4. The molecule has 0 saturated carbocycles. The lowest BCUT2D eigenvalue weighted by molar-refractivity contribution is 0.0523. The molecule has 0 saturated heterocycles. The monoisotopic (exact) mass is 363 g/mol. The van der Waals surface area contributed by atoms with E-state index in [1.165, 1.54) is 0 Å². The van der Waals surface area contributed by atoms with Crippen LogP contribution >= 0.6 is 15.9 Å². The molecule has 1 aliphatic rings. The first-order valence-corrected chi connectivity index (χ1v) is 8.16. The quantitative estimate of drug-likeness (QED) is 0.717. The van der Waals surface area contributed by atoms with Crippen molar-refractivity contribution in [1.82, 2.24) is 0 Å². The third-order valence-corrected chi connectivity index (χ3v) is 4.57. The summed E-state index contributed by atoms with van der Waals surface area (Å²) in [5.74, 6) is -0.284. The van der Waals surface area contributed by atoms with Gasteiger partial charge in [0.15, 0.2) is 0 Å². The second-order valence-corrected chi connectivity index (χ2v) is 6.34. The fourth-order valence-corrected chi connectivity index (χ4v) is 3.26. The van der Waals surface area contributed by atoms with Crippen molar-refractivity contribution in [3.05, 3.63) is 63.9 Å². The molecule has 0 spiro atoms. The number of methoxy groups -OCH3 is 2. The van der Waals surface area contributed by atoms with Crippen molar-refractivity contribution in [1.29, 1.82) is 0 Å². The first-order chi connectivity index (χ1) is 10.9. The average molecular weight is 364 g/mol. The second kappa shape index (κ2) is 7.80. The molecule has 0 aromatic heterocycles. The van der Waals surface area contributed by atoms with Gasteiger partial charge in [-0.25, -0.2) is 0 Å². The predicted molar refractivity (Wildman–Crippen MR) is 95.6 cm³/mol. The smallest absolute Gasteiger partial charge is 0.102 e. The zero-order valence-corrected chi connectivity index (χ0v) is 15.1. The molecule has 0 radical (unpaired) electrons. The van der Waals surface area contributed by atoms with Crippen LogP contribution in [0.3, 0.4) is 0 Å². The van der Waals surface area contributed by atoms with Gasteiger partial charge < -0.3 is 9.47 Å². The molecule has 1 aromatic carbocycles. The molecule has 118 valence electrons. The van der Waals surface area contributed by atoms with E-state index < -0.39 is 12.0 Å². The molecule has 22 heavy (non-hydrogen) atoms. The van der Waals surface area contributed by atoms with Crippen LogP contribution in [0.2, 0.25) is 0 Å². The second-order valence-electron chi connectivity index (χ2n) is 5.49. The van der Waals surface area contributed by atoms with Crippen LogP contribution in [0.1, 0.15) is 20.8 Å². The molecule has 0 aliphatic heterocycles. The van der Waals surface area contributed by atoms with Crippen molar-refractivity contribution in [2.24, 2.45) is 11.8 Å². The zero-order valence-electron chi connectivity index (χ0n) is 14.5. The van der Waals surface area contributed by atoms with Gasteiger partial charge in [-0.1, -0.05) is 72.3 Å². The first-order valence-electron chi connectivity index (χ1n) is 7.86. The van der Waals surface area contributed by atoms with Crippen LogP contribution in [0.4, 0.5) is 0 Å². The van der Waals surface area contributed by atoms with Crippen molar-refractivity contribution >= 4 is 22.0 Å². The highest BCUT2D eigenvalue weighted by atomic mass is 79.9. The predicted octanol–water partition coefficient (Wildman–Crippen LogP) is 5.18. The summed E-state index contributed by atoms with van der Waals surface area (Å²) in [6, 6.07) is 10.1. The van der Waals surface area contributed by atoms with Gasteiger partial charge in [0.2, 0.25) is 0 Å². The summed E-state index contributed by atoms with van der Waals surface area (Å²) in [6.07, 6.45) is 5.58. The number of halogens is 1. The summed E-state index contributed by atoms with van der Waals surface area (Å²) in [6.45, 7) is 4.02. The summed E-state index contributed by atoms with van der Waals surface area (Å²) < 4.78 is 21.0. The van der Waals surface area contributed by atoms with E-state index in [0.717, 1.165) is 15.6 Å². The highest BCUT2D eigenvalue weighted by Gasteiger charge is 2.35. The lowest BCUT2D eigenvalue weighted by atomic mass is 9.83. The molecule has 0 N–H and O–H groups in total. The van der Waals surface area contributed by atoms with Crippen LogP contribution in [-0.2, 0) is 9.47 Å². The maximum atomic E-state index is 8.90. The molecule has 3 heteroatoms. The van der Waals surface area contributed by atoms with E-state index in [0.29, 0.717) is 5.76 Å². The minimum absolute atomic E-state index is 0.0471. The Morgan fingerprint density at radius 3 is 2.41 bits per heavy atom. The number of hydrogen-bond acceptors (Lipinski definition) is 2. The molecule has 2 rings (SSSR count). The summed E-state index contributed by atoms with van der Waals surface area (Å²) >= 11 is 3.64. The van der Waals surface area contributed by atoms with Gasteiger partial charge in [0.25, 0.3) is 0 Å². The first kappa shape index (κ1) is 15.6. The van der Waals surface area contributed by atoms with Crippen molar-refractivity contribution in [2.75, 3.05) is 14.2 Å². The van der Waals surface area contributed by atoms with Gasteiger partial charge in [0.05, 0.1) is 13.2 Å². The van der Waals surface area contributed by atoms with Crippen molar-refractivity contribution in [3.8, 4) is 0 Å².